The fourth-order valence-electron chi connectivity index (χ4n) is 4.23. The molecular formula is C23H32N4O2S. The summed E-state index contributed by atoms with van der Waals surface area (Å²) in [7, 11) is 0. The lowest BCUT2D eigenvalue weighted by atomic mass is 10.0. The Morgan fingerprint density at radius 1 is 1.17 bits per heavy atom. The fourth-order valence-corrected chi connectivity index (χ4v) is 5.11. The van der Waals surface area contributed by atoms with Gasteiger partial charge in [0.2, 0.25) is 5.91 Å². The number of benzene rings is 1. The summed E-state index contributed by atoms with van der Waals surface area (Å²) in [5.41, 5.74) is 3.56. The summed E-state index contributed by atoms with van der Waals surface area (Å²) >= 11 is 1.54. The number of hydrogen-bond acceptors (Lipinski definition) is 5. The number of fused-ring (bicyclic) bond motifs is 1. The molecule has 1 aliphatic carbocycles. The molecule has 1 fully saturated rings. The highest BCUT2D eigenvalue weighted by Crippen LogP contribution is 2.30. The van der Waals surface area contributed by atoms with Crippen LogP contribution in [0.2, 0.25) is 0 Å². The third-order valence-corrected chi connectivity index (χ3v) is 6.97. The van der Waals surface area contributed by atoms with Gasteiger partial charge in [-0.3, -0.25) is 14.3 Å². The van der Waals surface area contributed by atoms with Gasteiger partial charge in [0.25, 0.3) is 0 Å². The first-order valence-corrected chi connectivity index (χ1v) is 11.9. The molecule has 1 saturated heterocycles. The zero-order valence-corrected chi connectivity index (χ0v) is 18.8. The first kappa shape index (κ1) is 21.4. The number of carbonyl (C=O) groups is 1. The molecule has 1 aliphatic heterocycles. The van der Waals surface area contributed by atoms with Crippen molar-refractivity contribution in [3.05, 3.63) is 41.7 Å². The zero-order chi connectivity index (χ0) is 21.0. The van der Waals surface area contributed by atoms with Gasteiger partial charge in [-0.15, -0.1) is 0 Å². The number of ether oxygens (including phenoxy) is 1. The summed E-state index contributed by atoms with van der Waals surface area (Å²) < 4.78 is 7.70. The van der Waals surface area contributed by atoms with Gasteiger partial charge in [-0.05, 0) is 51.7 Å². The average molecular weight is 429 g/mol. The van der Waals surface area contributed by atoms with Crippen molar-refractivity contribution in [1.29, 1.82) is 0 Å². The van der Waals surface area contributed by atoms with Gasteiger partial charge in [0.15, 0.2) is 5.16 Å². The number of para-hydroxylation sites is 1. The van der Waals surface area contributed by atoms with E-state index in [4.69, 9.17) is 9.72 Å². The summed E-state index contributed by atoms with van der Waals surface area (Å²) in [5.74, 6) is 0.434. The SMILES string of the molecule is CC(C)(CNC(=O)CSc1nc2c(n1-c1ccccc1)CCCC2)N1CCOCC1. The Labute approximate surface area is 183 Å². The van der Waals surface area contributed by atoms with Crippen LogP contribution in [0.15, 0.2) is 35.5 Å². The van der Waals surface area contributed by atoms with Crippen LogP contribution < -0.4 is 5.32 Å². The van der Waals surface area contributed by atoms with E-state index < -0.39 is 0 Å². The molecule has 6 nitrogen and oxygen atoms in total. The average Bonchev–Trinajstić information content (AvgIpc) is 3.16. The Kier molecular flexibility index (Phi) is 6.80. The lowest BCUT2D eigenvalue weighted by Crippen LogP contribution is -2.55. The number of aryl methyl sites for hydroxylation is 1. The van der Waals surface area contributed by atoms with Gasteiger partial charge in [-0.25, -0.2) is 4.98 Å². The van der Waals surface area contributed by atoms with E-state index in [0.29, 0.717) is 12.3 Å². The highest BCUT2D eigenvalue weighted by molar-refractivity contribution is 7.99. The molecule has 1 aromatic heterocycles. The number of hydrogen-bond donors (Lipinski definition) is 1. The number of nitrogens with one attached hydrogen (secondary N) is 1. The van der Waals surface area contributed by atoms with Crippen LogP contribution in [0.3, 0.4) is 0 Å². The first-order chi connectivity index (χ1) is 14.5. The Bertz CT molecular complexity index is 860. The minimum Gasteiger partial charge on any atom is -0.379 e. The number of rotatable bonds is 7. The second-order valence-corrected chi connectivity index (χ2v) is 9.59. The van der Waals surface area contributed by atoms with E-state index in [2.05, 4.69) is 52.9 Å². The maximum atomic E-state index is 12.6. The monoisotopic (exact) mass is 428 g/mol. The van der Waals surface area contributed by atoms with Crippen LogP contribution in [0, 0.1) is 0 Å². The van der Waals surface area contributed by atoms with Gasteiger partial charge < -0.3 is 10.1 Å². The van der Waals surface area contributed by atoms with Crippen molar-refractivity contribution >= 4 is 17.7 Å². The molecule has 1 aromatic carbocycles. The molecule has 2 heterocycles. The van der Waals surface area contributed by atoms with Gasteiger partial charge in [-0.2, -0.15) is 0 Å². The largest absolute Gasteiger partial charge is 0.379 e. The van der Waals surface area contributed by atoms with Crippen molar-refractivity contribution in [1.82, 2.24) is 19.8 Å². The fraction of sp³-hybridized carbons (Fsp3) is 0.565. The van der Waals surface area contributed by atoms with Crippen LogP contribution in [0.25, 0.3) is 5.69 Å². The van der Waals surface area contributed by atoms with Gasteiger partial charge in [0.05, 0.1) is 24.7 Å². The Balaban J connectivity index is 1.40. The van der Waals surface area contributed by atoms with Crippen molar-refractivity contribution in [2.24, 2.45) is 0 Å². The number of thioether (sulfide) groups is 1. The Morgan fingerprint density at radius 2 is 1.90 bits per heavy atom. The van der Waals surface area contributed by atoms with Crippen LogP contribution in [0.4, 0.5) is 0 Å². The molecule has 0 unspecified atom stereocenters. The minimum absolute atomic E-state index is 0.0573. The molecule has 0 atom stereocenters. The van der Waals surface area contributed by atoms with Crippen LogP contribution in [0.1, 0.15) is 38.1 Å². The number of aromatic nitrogens is 2. The number of carbonyl (C=O) groups excluding carboxylic acids is 1. The predicted octanol–water partition coefficient (Wildman–Crippen LogP) is 3.07. The van der Waals surface area contributed by atoms with E-state index >= 15 is 0 Å². The third kappa shape index (κ3) is 4.90. The standard InChI is InChI=1S/C23H32N4O2S/c1-23(2,26-12-14-29-15-13-26)17-24-21(28)16-30-22-25-19-10-6-7-11-20(19)27(22)18-8-4-3-5-9-18/h3-5,8-9H,6-7,10-17H2,1-2H3,(H,24,28). The van der Waals surface area contributed by atoms with Crippen LogP contribution in [-0.4, -0.2) is 64.5 Å². The molecule has 0 radical (unpaired) electrons. The van der Waals surface area contributed by atoms with Crippen molar-refractivity contribution < 1.29 is 9.53 Å². The van der Waals surface area contributed by atoms with Gasteiger partial charge in [-0.1, -0.05) is 30.0 Å². The smallest absolute Gasteiger partial charge is 0.230 e. The number of imidazole rings is 1. The van der Waals surface area contributed by atoms with E-state index in [1.807, 2.05) is 6.07 Å². The van der Waals surface area contributed by atoms with Gasteiger partial charge in [0, 0.05) is 36.6 Å². The van der Waals surface area contributed by atoms with E-state index in [1.165, 1.54) is 36.0 Å². The Morgan fingerprint density at radius 3 is 2.67 bits per heavy atom. The molecule has 1 amide bonds. The lowest BCUT2D eigenvalue weighted by molar-refractivity contribution is -0.119. The summed E-state index contributed by atoms with van der Waals surface area (Å²) in [6.45, 7) is 8.36. The molecule has 0 saturated carbocycles. The molecule has 1 N–H and O–H groups in total. The summed E-state index contributed by atoms with van der Waals surface area (Å²) in [5, 5.41) is 4.06. The highest BCUT2D eigenvalue weighted by atomic mass is 32.2. The molecule has 0 spiro atoms. The van der Waals surface area contributed by atoms with E-state index in [9.17, 15) is 4.79 Å². The predicted molar refractivity (Wildman–Crippen MR) is 120 cm³/mol. The minimum atomic E-state index is -0.0777. The van der Waals surface area contributed by atoms with Crippen molar-refractivity contribution in [3.63, 3.8) is 0 Å². The zero-order valence-electron chi connectivity index (χ0n) is 18.0. The van der Waals surface area contributed by atoms with E-state index in [0.717, 1.165) is 50.0 Å². The summed E-state index contributed by atoms with van der Waals surface area (Å²) in [6.07, 6.45) is 4.48. The molecular weight excluding hydrogens is 396 g/mol. The number of morpholine rings is 1. The van der Waals surface area contributed by atoms with E-state index in [1.54, 1.807) is 0 Å². The number of nitrogens with zero attached hydrogens (tertiary/aromatic N) is 3. The second kappa shape index (κ2) is 9.54. The first-order valence-electron chi connectivity index (χ1n) is 10.9. The normalized spacial score (nSPS) is 17.5. The summed E-state index contributed by atoms with van der Waals surface area (Å²) in [6, 6.07) is 10.4. The van der Waals surface area contributed by atoms with Crippen molar-refractivity contribution in [3.8, 4) is 5.69 Å². The molecule has 30 heavy (non-hydrogen) atoms. The third-order valence-electron chi connectivity index (χ3n) is 6.03. The summed E-state index contributed by atoms with van der Waals surface area (Å²) in [4.78, 5) is 19.9. The Hall–Kier alpha value is -1.83. The molecule has 4 rings (SSSR count). The number of amides is 1. The molecule has 162 valence electrons. The van der Waals surface area contributed by atoms with Crippen molar-refractivity contribution in [2.75, 3.05) is 38.6 Å². The molecule has 7 heteroatoms. The maximum absolute atomic E-state index is 12.6. The second-order valence-electron chi connectivity index (χ2n) is 8.64. The van der Waals surface area contributed by atoms with E-state index in [-0.39, 0.29) is 11.4 Å². The lowest BCUT2D eigenvalue weighted by Gasteiger charge is -2.40. The van der Waals surface area contributed by atoms with Crippen LogP contribution in [0.5, 0.6) is 0 Å². The van der Waals surface area contributed by atoms with Crippen LogP contribution >= 0.6 is 11.8 Å². The van der Waals surface area contributed by atoms with Crippen LogP contribution in [-0.2, 0) is 22.4 Å². The quantitative estimate of drug-likeness (QED) is 0.687. The topological polar surface area (TPSA) is 59.4 Å². The molecule has 2 aliphatic rings. The molecule has 2 aromatic rings. The molecule has 0 bridgehead atoms. The van der Waals surface area contributed by atoms with Gasteiger partial charge >= 0.3 is 0 Å². The maximum Gasteiger partial charge on any atom is 0.230 e. The van der Waals surface area contributed by atoms with Gasteiger partial charge in [0.1, 0.15) is 0 Å². The van der Waals surface area contributed by atoms with Crippen molar-refractivity contribution in [2.45, 2.75) is 50.2 Å². The highest BCUT2D eigenvalue weighted by Gasteiger charge is 2.29.